The first-order chi connectivity index (χ1) is 9.80. The van der Waals surface area contributed by atoms with E-state index in [1.165, 1.54) is 0 Å². The van der Waals surface area contributed by atoms with Crippen molar-refractivity contribution in [2.75, 3.05) is 20.3 Å². The third kappa shape index (κ3) is 3.05. The zero-order valence-corrected chi connectivity index (χ0v) is 11.7. The van der Waals surface area contributed by atoms with Gasteiger partial charge in [-0.3, -0.25) is 0 Å². The van der Waals surface area contributed by atoms with Crippen molar-refractivity contribution in [3.63, 3.8) is 0 Å². The van der Waals surface area contributed by atoms with E-state index < -0.39 is 0 Å². The fraction of sp³-hybridized carbons (Fsp3) is 0.462. The van der Waals surface area contributed by atoms with Crippen LogP contribution in [-0.2, 0) is 6.54 Å². The number of hydrogen-bond donors (Lipinski definition) is 1. The van der Waals surface area contributed by atoms with Crippen LogP contribution in [0.5, 0.6) is 11.5 Å². The molecule has 2 aromatic rings. The van der Waals surface area contributed by atoms with Gasteiger partial charge in [0.05, 0.1) is 20.3 Å². The van der Waals surface area contributed by atoms with Crippen molar-refractivity contribution in [2.45, 2.75) is 19.9 Å². The van der Waals surface area contributed by atoms with Crippen LogP contribution in [0.2, 0.25) is 0 Å². The van der Waals surface area contributed by atoms with Crippen LogP contribution in [0.1, 0.15) is 13.3 Å². The molecule has 1 heterocycles. The maximum absolute atomic E-state index is 5.62. The molecule has 2 rings (SSSR count). The van der Waals surface area contributed by atoms with Crippen LogP contribution in [0.25, 0.3) is 11.4 Å². The molecule has 0 atom stereocenters. The molecule has 0 saturated carbocycles. The van der Waals surface area contributed by atoms with E-state index >= 15 is 0 Å². The maximum Gasteiger partial charge on any atom is 0.182 e. The number of hydrogen-bond acceptors (Lipinski definition) is 6. The van der Waals surface area contributed by atoms with Crippen molar-refractivity contribution in [3.8, 4) is 22.9 Å². The van der Waals surface area contributed by atoms with E-state index in [2.05, 4.69) is 22.4 Å². The number of ether oxygens (including phenoxy) is 2. The Morgan fingerprint density at radius 1 is 1.30 bits per heavy atom. The molecule has 0 amide bonds. The van der Waals surface area contributed by atoms with Gasteiger partial charge in [-0.05, 0) is 35.0 Å². The molecule has 0 saturated heterocycles. The lowest BCUT2D eigenvalue weighted by Gasteiger charge is -2.11. The molecule has 0 bridgehead atoms. The van der Waals surface area contributed by atoms with Gasteiger partial charge in [-0.25, -0.2) is 4.68 Å². The minimum atomic E-state index is 0.479. The van der Waals surface area contributed by atoms with Gasteiger partial charge in [0.1, 0.15) is 0 Å². The second-order valence-corrected chi connectivity index (χ2v) is 4.23. The fourth-order valence-electron chi connectivity index (χ4n) is 1.82. The van der Waals surface area contributed by atoms with Crippen LogP contribution in [0.4, 0.5) is 0 Å². The highest BCUT2D eigenvalue weighted by molar-refractivity contribution is 5.60. The molecular formula is C13H19N5O2. The van der Waals surface area contributed by atoms with Crippen molar-refractivity contribution >= 4 is 0 Å². The average molecular weight is 277 g/mol. The van der Waals surface area contributed by atoms with E-state index in [0.717, 1.165) is 17.7 Å². The standard InChI is InChI=1S/C13H19N5O2/c1-3-8-20-11-5-4-10(9-12(11)19-2)13-15-16-17-18(13)7-6-14/h4-5,9H,3,6-8,14H2,1-2H3. The van der Waals surface area contributed by atoms with Crippen LogP contribution in [0.15, 0.2) is 18.2 Å². The van der Waals surface area contributed by atoms with E-state index in [1.54, 1.807) is 11.8 Å². The normalized spacial score (nSPS) is 10.6. The third-order valence-electron chi connectivity index (χ3n) is 2.76. The molecule has 2 N–H and O–H groups in total. The molecule has 0 aliphatic carbocycles. The Morgan fingerprint density at radius 2 is 2.15 bits per heavy atom. The number of methoxy groups -OCH3 is 1. The molecular weight excluding hydrogens is 258 g/mol. The molecule has 20 heavy (non-hydrogen) atoms. The summed E-state index contributed by atoms with van der Waals surface area (Å²) in [6.45, 7) is 3.76. The number of benzene rings is 1. The summed E-state index contributed by atoms with van der Waals surface area (Å²) >= 11 is 0. The zero-order valence-electron chi connectivity index (χ0n) is 11.7. The third-order valence-corrected chi connectivity index (χ3v) is 2.76. The zero-order chi connectivity index (χ0) is 14.4. The molecule has 0 aliphatic heterocycles. The Balaban J connectivity index is 2.30. The first-order valence-corrected chi connectivity index (χ1v) is 6.57. The van der Waals surface area contributed by atoms with Crippen molar-refractivity contribution in [1.82, 2.24) is 20.2 Å². The lowest BCUT2D eigenvalue weighted by atomic mass is 10.2. The summed E-state index contributed by atoms with van der Waals surface area (Å²) < 4.78 is 12.6. The minimum Gasteiger partial charge on any atom is -0.493 e. The van der Waals surface area contributed by atoms with E-state index in [1.807, 2.05) is 18.2 Å². The van der Waals surface area contributed by atoms with Gasteiger partial charge in [-0.1, -0.05) is 6.92 Å². The van der Waals surface area contributed by atoms with Crippen LogP contribution < -0.4 is 15.2 Å². The summed E-state index contributed by atoms with van der Waals surface area (Å²) in [5.41, 5.74) is 6.41. The van der Waals surface area contributed by atoms with Crippen molar-refractivity contribution in [3.05, 3.63) is 18.2 Å². The van der Waals surface area contributed by atoms with Gasteiger partial charge in [0.25, 0.3) is 0 Å². The predicted octanol–water partition coefficient (Wildman–Crippen LogP) is 1.10. The second kappa shape index (κ2) is 6.85. The Kier molecular flexibility index (Phi) is 4.89. The fourth-order valence-corrected chi connectivity index (χ4v) is 1.82. The predicted molar refractivity (Wildman–Crippen MR) is 74.6 cm³/mol. The molecule has 0 unspecified atom stereocenters. The monoisotopic (exact) mass is 277 g/mol. The summed E-state index contributed by atoms with van der Waals surface area (Å²) in [5, 5.41) is 11.6. The first-order valence-electron chi connectivity index (χ1n) is 6.57. The van der Waals surface area contributed by atoms with Crippen molar-refractivity contribution in [2.24, 2.45) is 5.73 Å². The maximum atomic E-state index is 5.62. The highest BCUT2D eigenvalue weighted by Crippen LogP contribution is 2.31. The Hall–Kier alpha value is -2.15. The van der Waals surface area contributed by atoms with Gasteiger partial charge in [-0.2, -0.15) is 0 Å². The summed E-state index contributed by atoms with van der Waals surface area (Å²) in [5.74, 6) is 2.05. The highest BCUT2D eigenvalue weighted by Gasteiger charge is 2.12. The summed E-state index contributed by atoms with van der Waals surface area (Å²) in [4.78, 5) is 0. The summed E-state index contributed by atoms with van der Waals surface area (Å²) in [6.07, 6.45) is 0.944. The number of rotatable bonds is 7. The van der Waals surface area contributed by atoms with E-state index in [-0.39, 0.29) is 0 Å². The molecule has 1 aromatic carbocycles. The lowest BCUT2D eigenvalue weighted by molar-refractivity contribution is 0.294. The molecule has 0 radical (unpaired) electrons. The van der Waals surface area contributed by atoms with Crippen LogP contribution in [0.3, 0.4) is 0 Å². The van der Waals surface area contributed by atoms with E-state index in [4.69, 9.17) is 15.2 Å². The molecule has 0 fully saturated rings. The molecule has 1 aromatic heterocycles. The molecule has 0 aliphatic rings. The second-order valence-electron chi connectivity index (χ2n) is 4.23. The molecule has 0 spiro atoms. The smallest absolute Gasteiger partial charge is 0.182 e. The Labute approximate surface area is 117 Å². The highest BCUT2D eigenvalue weighted by atomic mass is 16.5. The van der Waals surface area contributed by atoms with Gasteiger partial charge in [0.15, 0.2) is 17.3 Å². The van der Waals surface area contributed by atoms with Gasteiger partial charge in [0, 0.05) is 12.1 Å². The minimum absolute atomic E-state index is 0.479. The average Bonchev–Trinajstić information content (AvgIpc) is 2.93. The van der Waals surface area contributed by atoms with Gasteiger partial charge in [-0.15, -0.1) is 5.10 Å². The van der Waals surface area contributed by atoms with E-state index in [0.29, 0.717) is 31.3 Å². The van der Waals surface area contributed by atoms with E-state index in [9.17, 15) is 0 Å². The van der Waals surface area contributed by atoms with Crippen molar-refractivity contribution < 1.29 is 9.47 Å². The molecule has 108 valence electrons. The van der Waals surface area contributed by atoms with Crippen molar-refractivity contribution in [1.29, 1.82) is 0 Å². The SMILES string of the molecule is CCCOc1ccc(-c2nnnn2CCN)cc1OC. The number of nitrogens with two attached hydrogens (primary N) is 1. The van der Waals surface area contributed by atoms with Gasteiger partial charge >= 0.3 is 0 Å². The van der Waals surface area contributed by atoms with Gasteiger partial charge < -0.3 is 15.2 Å². The first kappa shape index (κ1) is 14.3. The topological polar surface area (TPSA) is 88.1 Å². The number of aromatic nitrogens is 4. The van der Waals surface area contributed by atoms with Crippen LogP contribution in [-0.4, -0.2) is 40.5 Å². The Morgan fingerprint density at radius 3 is 2.85 bits per heavy atom. The van der Waals surface area contributed by atoms with Crippen LogP contribution >= 0.6 is 0 Å². The van der Waals surface area contributed by atoms with Gasteiger partial charge in [0.2, 0.25) is 0 Å². The largest absolute Gasteiger partial charge is 0.493 e. The summed E-state index contributed by atoms with van der Waals surface area (Å²) in [7, 11) is 1.61. The van der Waals surface area contributed by atoms with Crippen LogP contribution in [0, 0.1) is 0 Å². The molecule has 7 heteroatoms. The lowest BCUT2D eigenvalue weighted by Crippen LogP contribution is -2.12. The summed E-state index contributed by atoms with van der Waals surface area (Å²) in [6, 6.07) is 5.64. The Bertz CT molecular complexity index is 555. The number of nitrogens with zero attached hydrogens (tertiary/aromatic N) is 4. The number of tetrazole rings is 1. The molecule has 7 nitrogen and oxygen atoms in total. The quantitative estimate of drug-likeness (QED) is 0.815.